The van der Waals surface area contributed by atoms with Crippen LogP contribution in [0.25, 0.3) is 0 Å². The van der Waals surface area contributed by atoms with E-state index >= 15 is 0 Å². The molecule has 1 heterocycles. The van der Waals surface area contributed by atoms with Gasteiger partial charge >= 0.3 is 5.97 Å². The third-order valence-electron chi connectivity index (χ3n) is 3.73. The molecule has 5 heteroatoms. The molecule has 1 unspecified atom stereocenters. The summed E-state index contributed by atoms with van der Waals surface area (Å²) in [7, 11) is 0. The van der Waals surface area contributed by atoms with Crippen molar-refractivity contribution in [2.45, 2.75) is 19.9 Å². The van der Waals surface area contributed by atoms with Crippen LogP contribution in [0.1, 0.15) is 13.8 Å². The summed E-state index contributed by atoms with van der Waals surface area (Å²) in [6.07, 6.45) is 0. The Hall–Kier alpha value is -1.75. The Balaban J connectivity index is 1.90. The van der Waals surface area contributed by atoms with Crippen LogP contribution < -0.4 is 10.6 Å². The molecule has 0 spiro atoms. The Morgan fingerprint density at radius 2 is 2.05 bits per heavy atom. The molecule has 20 heavy (non-hydrogen) atoms. The number of nitrogens with two attached hydrogens (primary N) is 1. The molecule has 1 atom stereocenters. The maximum atomic E-state index is 11.7. The van der Waals surface area contributed by atoms with E-state index in [9.17, 15) is 4.79 Å². The summed E-state index contributed by atoms with van der Waals surface area (Å²) in [4.78, 5) is 16.2. The summed E-state index contributed by atoms with van der Waals surface area (Å²) in [5.41, 5.74) is 7.74. The molecule has 0 aliphatic carbocycles. The van der Waals surface area contributed by atoms with Gasteiger partial charge in [0.25, 0.3) is 0 Å². The van der Waals surface area contributed by atoms with Crippen molar-refractivity contribution in [1.82, 2.24) is 4.90 Å². The van der Waals surface area contributed by atoms with Crippen molar-refractivity contribution < 1.29 is 9.53 Å². The summed E-state index contributed by atoms with van der Waals surface area (Å²) in [6.45, 7) is 7.69. The lowest BCUT2D eigenvalue weighted by atomic mass is 10.2. The van der Waals surface area contributed by atoms with Gasteiger partial charge in [-0.25, -0.2) is 0 Å². The van der Waals surface area contributed by atoms with Crippen molar-refractivity contribution in [2.24, 2.45) is 0 Å². The zero-order chi connectivity index (χ0) is 14.5. The molecule has 1 fully saturated rings. The number of anilines is 2. The molecule has 1 aromatic carbocycles. The highest BCUT2D eigenvalue weighted by atomic mass is 16.5. The van der Waals surface area contributed by atoms with E-state index in [2.05, 4.69) is 15.9 Å². The van der Waals surface area contributed by atoms with Crippen molar-refractivity contribution in [3.63, 3.8) is 0 Å². The molecule has 110 valence electrons. The summed E-state index contributed by atoms with van der Waals surface area (Å²) in [6, 6.07) is 7.75. The van der Waals surface area contributed by atoms with Crippen LogP contribution in [-0.4, -0.2) is 49.7 Å². The van der Waals surface area contributed by atoms with E-state index < -0.39 is 0 Å². The number of benzene rings is 1. The lowest BCUT2D eigenvalue weighted by Gasteiger charge is -2.38. The monoisotopic (exact) mass is 277 g/mol. The number of esters is 1. The fraction of sp³-hybridized carbons (Fsp3) is 0.533. The Bertz CT molecular complexity index is 456. The molecule has 1 aromatic rings. The average molecular weight is 277 g/mol. The highest BCUT2D eigenvalue weighted by Gasteiger charge is 2.26. The van der Waals surface area contributed by atoms with Gasteiger partial charge in [-0.3, -0.25) is 9.69 Å². The quantitative estimate of drug-likeness (QED) is 0.665. The SMILES string of the molecule is CCOC(=O)C(C)N1CCN(c2cccc(N)c2)CC1. The van der Waals surface area contributed by atoms with Crippen LogP contribution in [0.3, 0.4) is 0 Å². The first-order valence-corrected chi connectivity index (χ1v) is 7.13. The number of hydrogen-bond donors (Lipinski definition) is 1. The van der Waals surface area contributed by atoms with Crippen LogP contribution in [0.4, 0.5) is 11.4 Å². The molecule has 0 radical (unpaired) electrons. The van der Waals surface area contributed by atoms with Gasteiger partial charge in [0, 0.05) is 37.6 Å². The molecule has 0 amide bonds. The number of nitrogens with zero attached hydrogens (tertiary/aromatic N) is 2. The van der Waals surface area contributed by atoms with Gasteiger partial charge in [-0.1, -0.05) is 6.07 Å². The third kappa shape index (κ3) is 3.42. The van der Waals surface area contributed by atoms with Crippen LogP contribution in [0.2, 0.25) is 0 Å². The molecule has 0 bridgehead atoms. The van der Waals surface area contributed by atoms with Crippen LogP contribution in [0.15, 0.2) is 24.3 Å². The van der Waals surface area contributed by atoms with Gasteiger partial charge in [0.1, 0.15) is 6.04 Å². The molecule has 0 aromatic heterocycles. The molecular weight excluding hydrogens is 254 g/mol. The summed E-state index contributed by atoms with van der Waals surface area (Å²) < 4.78 is 5.07. The van der Waals surface area contributed by atoms with Crippen molar-refractivity contribution in [2.75, 3.05) is 43.4 Å². The Labute approximate surface area is 120 Å². The molecule has 1 saturated heterocycles. The van der Waals surface area contributed by atoms with E-state index in [-0.39, 0.29) is 12.0 Å². The molecular formula is C15H23N3O2. The van der Waals surface area contributed by atoms with Crippen molar-refractivity contribution >= 4 is 17.3 Å². The Kier molecular flexibility index (Phi) is 4.84. The van der Waals surface area contributed by atoms with Gasteiger partial charge in [-0.2, -0.15) is 0 Å². The van der Waals surface area contributed by atoms with Crippen LogP contribution in [-0.2, 0) is 9.53 Å². The Morgan fingerprint density at radius 3 is 2.65 bits per heavy atom. The van der Waals surface area contributed by atoms with Crippen molar-refractivity contribution in [1.29, 1.82) is 0 Å². The number of rotatable bonds is 4. The first-order chi connectivity index (χ1) is 9.61. The second kappa shape index (κ2) is 6.61. The zero-order valence-corrected chi connectivity index (χ0v) is 12.2. The third-order valence-corrected chi connectivity index (χ3v) is 3.73. The first kappa shape index (κ1) is 14.7. The fourth-order valence-electron chi connectivity index (χ4n) is 2.50. The number of nitrogen functional groups attached to an aromatic ring is 1. The molecule has 1 aliphatic rings. The Morgan fingerprint density at radius 1 is 1.35 bits per heavy atom. The summed E-state index contributed by atoms with van der Waals surface area (Å²) >= 11 is 0. The zero-order valence-electron chi connectivity index (χ0n) is 12.2. The fourth-order valence-corrected chi connectivity index (χ4v) is 2.50. The number of carbonyl (C=O) groups is 1. The highest BCUT2D eigenvalue weighted by molar-refractivity contribution is 5.75. The lowest BCUT2D eigenvalue weighted by molar-refractivity contribution is -0.149. The highest BCUT2D eigenvalue weighted by Crippen LogP contribution is 2.19. The van der Waals surface area contributed by atoms with Crippen molar-refractivity contribution in [3.8, 4) is 0 Å². The van der Waals surface area contributed by atoms with E-state index in [4.69, 9.17) is 10.5 Å². The van der Waals surface area contributed by atoms with E-state index in [0.717, 1.165) is 37.6 Å². The van der Waals surface area contributed by atoms with Crippen LogP contribution >= 0.6 is 0 Å². The normalized spacial score (nSPS) is 17.8. The second-order valence-electron chi connectivity index (χ2n) is 5.05. The summed E-state index contributed by atoms with van der Waals surface area (Å²) in [5, 5.41) is 0. The minimum absolute atomic E-state index is 0.134. The number of carbonyl (C=O) groups excluding carboxylic acids is 1. The van der Waals surface area contributed by atoms with Gasteiger partial charge < -0.3 is 15.4 Å². The van der Waals surface area contributed by atoms with Crippen molar-refractivity contribution in [3.05, 3.63) is 24.3 Å². The maximum absolute atomic E-state index is 11.7. The van der Waals surface area contributed by atoms with E-state index in [0.29, 0.717) is 6.61 Å². The first-order valence-electron chi connectivity index (χ1n) is 7.13. The minimum atomic E-state index is -0.169. The molecule has 1 aliphatic heterocycles. The van der Waals surface area contributed by atoms with Crippen LogP contribution in [0, 0.1) is 0 Å². The number of hydrogen-bond acceptors (Lipinski definition) is 5. The van der Waals surface area contributed by atoms with E-state index in [1.807, 2.05) is 32.0 Å². The van der Waals surface area contributed by atoms with Gasteiger partial charge in [-0.15, -0.1) is 0 Å². The second-order valence-corrected chi connectivity index (χ2v) is 5.05. The van der Waals surface area contributed by atoms with Gasteiger partial charge in [-0.05, 0) is 32.0 Å². The predicted octanol–water partition coefficient (Wildman–Crippen LogP) is 1.34. The van der Waals surface area contributed by atoms with Crippen LogP contribution in [0.5, 0.6) is 0 Å². The van der Waals surface area contributed by atoms with Gasteiger partial charge in [0.2, 0.25) is 0 Å². The lowest BCUT2D eigenvalue weighted by Crippen LogP contribution is -2.52. The minimum Gasteiger partial charge on any atom is -0.465 e. The van der Waals surface area contributed by atoms with Gasteiger partial charge in [0.05, 0.1) is 6.61 Å². The topological polar surface area (TPSA) is 58.8 Å². The number of piperazine rings is 1. The molecule has 5 nitrogen and oxygen atoms in total. The molecule has 0 saturated carbocycles. The standard InChI is InChI=1S/C15H23N3O2/c1-3-20-15(19)12(2)17-7-9-18(10-8-17)14-6-4-5-13(16)11-14/h4-6,11-12H,3,7-10,16H2,1-2H3. The number of ether oxygens (including phenoxy) is 1. The predicted molar refractivity (Wildman–Crippen MR) is 80.7 cm³/mol. The maximum Gasteiger partial charge on any atom is 0.323 e. The van der Waals surface area contributed by atoms with Gasteiger partial charge in [0.15, 0.2) is 0 Å². The van der Waals surface area contributed by atoms with E-state index in [1.54, 1.807) is 0 Å². The van der Waals surface area contributed by atoms with E-state index in [1.165, 1.54) is 0 Å². The average Bonchev–Trinajstić information content (AvgIpc) is 2.47. The largest absolute Gasteiger partial charge is 0.465 e. The molecule has 2 rings (SSSR count). The molecule has 2 N–H and O–H groups in total. The smallest absolute Gasteiger partial charge is 0.323 e. The summed E-state index contributed by atoms with van der Waals surface area (Å²) in [5.74, 6) is -0.134.